The van der Waals surface area contributed by atoms with Gasteiger partial charge in [-0.05, 0) is 54.3 Å². The highest BCUT2D eigenvalue weighted by Gasteiger charge is 2.22. The van der Waals surface area contributed by atoms with Gasteiger partial charge >= 0.3 is 11.6 Å². The zero-order valence-electron chi connectivity index (χ0n) is 19.2. The Labute approximate surface area is 200 Å². The van der Waals surface area contributed by atoms with Crippen molar-refractivity contribution < 1.29 is 29.0 Å². The van der Waals surface area contributed by atoms with Crippen molar-refractivity contribution in [2.45, 2.75) is 38.6 Å². The van der Waals surface area contributed by atoms with E-state index < -0.39 is 30.2 Å². The summed E-state index contributed by atoms with van der Waals surface area (Å²) < 4.78 is 10.8. The van der Waals surface area contributed by atoms with Crippen LogP contribution in [0.3, 0.4) is 0 Å². The van der Waals surface area contributed by atoms with E-state index in [1.807, 2.05) is 0 Å². The van der Waals surface area contributed by atoms with Crippen molar-refractivity contribution in [1.82, 2.24) is 10.3 Å². The molecule has 1 atom stereocenters. The molecule has 2 aromatic carbocycles. The number of amides is 1. The monoisotopic (exact) mass is 478 g/mol. The molecule has 0 unspecified atom stereocenters. The minimum absolute atomic E-state index is 0.0200. The molecule has 0 spiro atoms. The van der Waals surface area contributed by atoms with Crippen LogP contribution < -0.4 is 15.7 Å². The van der Waals surface area contributed by atoms with Gasteiger partial charge in [0.2, 0.25) is 0 Å². The number of aromatic amines is 1. The van der Waals surface area contributed by atoms with Crippen LogP contribution in [0.5, 0.6) is 11.5 Å². The Balaban J connectivity index is 1.42. The predicted molar refractivity (Wildman–Crippen MR) is 130 cm³/mol. The number of H-pyrrole nitrogens is 1. The van der Waals surface area contributed by atoms with E-state index in [0.29, 0.717) is 22.3 Å². The Bertz CT molecular complexity index is 1440. The predicted octanol–water partition coefficient (Wildman–Crippen LogP) is 3.51. The van der Waals surface area contributed by atoms with Gasteiger partial charge in [0.15, 0.2) is 6.61 Å². The Hall–Kier alpha value is -4.27. The van der Waals surface area contributed by atoms with Gasteiger partial charge in [-0.3, -0.25) is 4.79 Å². The van der Waals surface area contributed by atoms with Gasteiger partial charge in [0.1, 0.15) is 23.1 Å². The lowest BCUT2D eigenvalue weighted by Gasteiger charge is -2.15. The number of nitrogens with one attached hydrogen (secondary N) is 2. The van der Waals surface area contributed by atoms with Crippen LogP contribution in [0.25, 0.3) is 21.9 Å². The summed E-state index contributed by atoms with van der Waals surface area (Å²) in [5.74, 6) is -1.42. The van der Waals surface area contributed by atoms with Crippen molar-refractivity contribution in [2.75, 3.05) is 6.61 Å². The number of phenols is 1. The molecule has 0 radical (unpaired) electrons. The van der Waals surface area contributed by atoms with Gasteiger partial charge in [0.25, 0.3) is 5.91 Å². The number of hydrogen-bond donors (Lipinski definition) is 4. The standard InChI is InChI=1S/C26H26N2O7/c1-2-3-4-15-10-25(31)35-23-12-18(6-7-19(15)23)34-14-24(30)28-22(26(32)33)9-16-13-27-21-8-5-17(29)11-20(16)21/h5-8,10-13,22,27,29H,2-4,9,14H2,1H3,(H,28,30)(H,32,33)/t22-/m0/s1. The number of benzene rings is 2. The van der Waals surface area contributed by atoms with E-state index in [1.165, 1.54) is 18.2 Å². The number of carboxylic acids is 1. The number of aromatic nitrogens is 1. The molecule has 2 aromatic heterocycles. The van der Waals surface area contributed by atoms with Gasteiger partial charge in [0, 0.05) is 41.0 Å². The van der Waals surface area contributed by atoms with Crippen LogP contribution in [0.1, 0.15) is 30.9 Å². The lowest BCUT2D eigenvalue weighted by molar-refractivity contribution is -0.142. The number of phenolic OH excluding ortho intramolecular Hbond substituents is 1. The number of rotatable bonds is 10. The molecule has 0 fully saturated rings. The van der Waals surface area contributed by atoms with Gasteiger partial charge in [-0.1, -0.05) is 13.3 Å². The fourth-order valence-electron chi connectivity index (χ4n) is 4.01. The zero-order chi connectivity index (χ0) is 24.9. The Morgan fingerprint density at radius 2 is 1.94 bits per heavy atom. The highest BCUT2D eigenvalue weighted by atomic mass is 16.5. The SMILES string of the molecule is CCCCc1cc(=O)oc2cc(OCC(=O)N[C@@H](Cc3c[nH]c4ccc(O)cc34)C(=O)O)ccc12. The summed E-state index contributed by atoms with van der Waals surface area (Å²) in [6.45, 7) is 1.66. The molecule has 0 bridgehead atoms. The van der Waals surface area contributed by atoms with Crippen LogP contribution >= 0.6 is 0 Å². The number of carbonyl (C=O) groups excluding carboxylic acids is 1. The Morgan fingerprint density at radius 1 is 1.11 bits per heavy atom. The van der Waals surface area contributed by atoms with Crippen molar-refractivity contribution in [3.05, 3.63) is 70.2 Å². The van der Waals surface area contributed by atoms with Crippen molar-refractivity contribution in [2.24, 2.45) is 0 Å². The minimum Gasteiger partial charge on any atom is -0.508 e. The molecule has 4 rings (SSSR count). The summed E-state index contributed by atoms with van der Waals surface area (Å²) in [5, 5.41) is 23.3. The third kappa shape index (κ3) is 5.63. The first kappa shape index (κ1) is 23.9. The van der Waals surface area contributed by atoms with Crippen LogP contribution in [-0.4, -0.2) is 39.7 Å². The maximum atomic E-state index is 12.4. The van der Waals surface area contributed by atoms with Gasteiger partial charge in [0.05, 0.1) is 0 Å². The first-order valence-electron chi connectivity index (χ1n) is 11.3. The number of ether oxygens (including phenoxy) is 1. The molecule has 182 valence electrons. The fraction of sp³-hybridized carbons (Fsp3) is 0.269. The number of fused-ring (bicyclic) bond motifs is 2. The highest BCUT2D eigenvalue weighted by molar-refractivity contribution is 5.88. The molecule has 4 N–H and O–H groups in total. The molecule has 0 saturated heterocycles. The van der Waals surface area contributed by atoms with Gasteiger partial charge < -0.3 is 29.7 Å². The molecule has 0 aliphatic rings. The first-order chi connectivity index (χ1) is 16.8. The number of unbranched alkanes of at least 4 members (excludes halogenated alkanes) is 1. The lowest BCUT2D eigenvalue weighted by Crippen LogP contribution is -2.44. The van der Waals surface area contributed by atoms with Crippen molar-refractivity contribution in [3.63, 3.8) is 0 Å². The molecular weight excluding hydrogens is 452 g/mol. The Kier molecular flexibility index (Phi) is 7.05. The number of aryl methyl sites for hydroxylation is 1. The van der Waals surface area contributed by atoms with E-state index in [0.717, 1.165) is 35.7 Å². The topological polar surface area (TPSA) is 142 Å². The largest absolute Gasteiger partial charge is 0.508 e. The number of aliphatic carboxylic acids is 1. The second-order valence-corrected chi connectivity index (χ2v) is 8.35. The van der Waals surface area contributed by atoms with E-state index in [4.69, 9.17) is 9.15 Å². The highest BCUT2D eigenvalue weighted by Crippen LogP contribution is 2.25. The zero-order valence-corrected chi connectivity index (χ0v) is 19.2. The van der Waals surface area contributed by atoms with E-state index >= 15 is 0 Å². The number of carbonyl (C=O) groups is 2. The summed E-state index contributed by atoms with van der Waals surface area (Å²) in [6, 6.07) is 10.1. The first-order valence-corrected chi connectivity index (χ1v) is 11.3. The maximum Gasteiger partial charge on any atom is 0.336 e. The number of carboxylic acid groups (broad SMARTS) is 1. The average molecular weight is 479 g/mol. The molecule has 9 nitrogen and oxygen atoms in total. The van der Waals surface area contributed by atoms with E-state index in [-0.39, 0.29) is 12.2 Å². The second-order valence-electron chi connectivity index (χ2n) is 8.35. The normalized spacial score (nSPS) is 12.0. The molecule has 1 amide bonds. The summed E-state index contributed by atoms with van der Waals surface area (Å²) in [7, 11) is 0. The quantitative estimate of drug-likeness (QED) is 0.256. The summed E-state index contributed by atoms with van der Waals surface area (Å²) in [6.07, 6.45) is 4.37. The summed E-state index contributed by atoms with van der Waals surface area (Å²) in [5.41, 5.74) is 2.21. The smallest absolute Gasteiger partial charge is 0.336 e. The molecule has 2 heterocycles. The molecule has 0 aliphatic heterocycles. The number of hydrogen-bond acceptors (Lipinski definition) is 6. The molecule has 0 aliphatic carbocycles. The van der Waals surface area contributed by atoms with Gasteiger partial charge in [-0.15, -0.1) is 0 Å². The van der Waals surface area contributed by atoms with Crippen LogP contribution in [0.2, 0.25) is 0 Å². The molecule has 0 saturated carbocycles. The van der Waals surface area contributed by atoms with Crippen LogP contribution in [0.4, 0.5) is 0 Å². The average Bonchev–Trinajstić information content (AvgIpc) is 3.22. The Morgan fingerprint density at radius 3 is 2.71 bits per heavy atom. The second kappa shape index (κ2) is 10.3. The van der Waals surface area contributed by atoms with Crippen molar-refractivity contribution in [1.29, 1.82) is 0 Å². The van der Waals surface area contributed by atoms with Gasteiger partial charge in [-0.25, -0.2) is 9.59 Å². The van der Waals surface area contributed by atoms with Crippen LogP contribution in [0, 0.1) is 0 Å². The fourth-order valence-corrected chi connectivity index (χ4v) is 4.01. The van der Waals surface area contributed by atoms with E-state index in [2.05, 4.69) is 17.2 Å². The van der Waals surface area contributed by atoms with Crippen LogP contribution in [-0.2, 0) is 22.4 Å². The van der Waals surface area contributed by atoms with E-state index in [1.54, 1.807) is 30.5 Å². The summed E-state index contributed by atoms with van der Waals surface area (Å²) in [4.78, 5) is 39.2. The third-order valence-electron chi connectivity index (χ3n) is 5.78. The van der Waals surface area contributed by atoms with Crippen LogP contribution in [0.15, 0.2) is 57.9 Å². The lowest BCUT2D eigenvalue weighted by atomic mass is 10.0. The molecule has 9 heteroatoms. The van der Waals surface area contributed by atoms with Crippen molar-refractivity contribution in [3.8, 4) is 11.5 Å². The van der Waals surface area contributed by atoms with Gasteiger partial charge in [-0.2, -0.15) is 0 Å². The molecule has 4 aromatic rings. The van der Waals surface area contributed by atoms with E-state index in [9.17, 15) is 24.6 Å². The molecule has 35 heavy (non-hydrogen) atoms. The summed E-state index contributed by atoms with van der Waals surface area (Å²) >= 11 is 0. The van der Waals surface area contributed by atoms with Crippen molar-refractivity contribution >= 4 is 33.7 Å². The maximum absolute atomic E-state index is 12.4. The minimum atomic E-state index is -1.19. The third-order valence-corrected chi connectivity index (χ3v) is 5.78. The number of aromatic hydroxyl groups is 1. The molecular formula is C26H26N2O7.